The van der Waals surface area contributed by atoms with Crippen molar-refractivity contribution in [1.82, 2.24) is 4.98 Å². The Morgan fingerprint density at radius 3 is 2.42 bits per heavy atom. The SMILES string of the molecule is NCc1ccc(-c2ccc3c(Nc4ccc(Oc5ccccc5)cc4)ccnc3c2)o1. The molecule has 0 spiro atoms. The quantitative estimate of drug-likeness (QED) is 0.337. The van der Waals surface area contributed by atoms with Crippen molar-refractivity contribution in [2.24, 2.45) is 5.73 Å². The number of hydrogen-bond donors (Lipinski definition) is 2. The number of fused-ring (bicyclic) bond motifs is 1. The smallest absolute Gasteiger partial charge is 0.134 e. The van der Waals surface area contributed by atoms with Crippen LogP contribution in [0.4, 0.5) is 11.4 Å². The molecule has 2 heterocycles. The molecule has 0 atom stereocenters. The van der Waals surface area contributed by atoms with Crippen LogP contribution in [0.3, 0.4) is 0 Å². The number of rotatable bonds is 6. The van der Waals surface area contributed by atoms with E-state index in [9.17, 15) is 0 Å². The largest absolute Gasteiger partial charge is 0.460 e. The Labute approximate surface area is 180 Å². The fourth-order valence-corrected chi connectivity index (χ4v) is 3.44. The molecule has 5 rings (SSSR count). The Balaban J connectivity index is 1.37. The summed E-state index contributed by atoms with van der Waals surface area (Å²) in [7, 11) is 0. The first-order valence-corrected chi connectivity index (χ1v) is 10.1. The van der Waals surface area contributed by atoms with Crippen LogP contribution in [0.25, 0.3) is 22.2 Å². The number of anilines is 2. The van der Waals surface area contributed by atoms with Gasteiger partial charge in [-0.25, -0.2) is 0 Å². The van der Waals surface area contributed by atoms with E-state index in [2.05, 4.69) is 16.4 Å². The third-order valence-electron chi connectivity index (χ3n) is 5.00. The third-order valence-corrected chi connectivity index (χ3v) is 5.00. The van der Waals surface area contributed by atoms with Gasteiger partial charge >= 0.3 is 0 Å². The van der Waals surface area contributed by atoms with E-state index in [0.29, 0.717) is 6.54 Å². The number of para-hydroxylation sites is 1. The van der Waals surface area contributed by atoms with Crippen LogP contribution in [-0.4, -0.2) is 4.98 Å². The van der Waals surface area contributed by atoms with E-state index in [1.54, 1.807) is 6.20 Å². The summed E-state index contributed by atoms with van der Waals surface area (Å²) in [4.78, 5) is 4.53. The zero-order valence-corrected chi connectivity index (χ0v) is 16.8. The normalized spacial score (nSPS) is 10.9. The molecule has 0 radical (unpaired) electrons. The fourth-order valence-electron chi connectivity index (χ4n) is 3.44. The maximum atomic E-state index is 5.86. The molecule has 31 heavy (non-hydrogen) atoms. The minimum Gasteiger partial charge on any atom is -0.460 e. The van der Waals surface area contributed by atoms with Crippen molar-refractivity contribution in [3.8, 4) is 22.8 Å². The number of ether oxygens (including phenoxy) is 1. The van der Waals surface area contributed by atoms with Crippen LogP contribution in [-0.2, 0) is 6.54 Å². The molecule has 0 saturated carbocycles. The molecule has 2 aromatic heterocycles. The predicted molar refractivity (Wildman–Crippen MR) is 124 cm³/mol. The van der Waals surface area contributed by atoms with Gasteiger partial charge in [0.05, 0.1) is 12.1 Å². The van der Waals surface area contributed by atoms with Crippen LogP contribution >= 0.6 is 0 Å². The van der Waals surface area contributed by atoms with Crippen LogP contribution in [0, 0.1) is 0 Å². The van der Waals surface area contributed by atoms with Gasteiger partial charge in [0.15, 0.2) is 0 Å². The Morgan fingerprint density at radius 1 is 0.839 bits per heavy atom. The van der Waals surface area contributed by atoms with Gasteiger partial charge in [-0.15, -0.1) is 0 Å². The highest BCUT2D eigenvalue weighted by Crippen LogP contribution is 2.31. The number of furan rings is 1. The number of nitrogens with one attached hydrogen (secondary N) is 1. The lowest BCUT2D eigenvalue weighted by Gasteiger charge is -2.11. The molecule has 0 saturated heterocycles. The lowest BCUT2D eigenvalue weighted by molar-refractivity contribution is 0.483. The van der Waals surface area contributed by atoms with Crippen molar-refractivity contribution in [3.63, 3.8) is 0 Å². The summed E-state index contributed by atoms with van der Waals surface area (Å²) in [6, 6.07) is 29.5. The van der Waals surface area contributed by atoms with Crippen LogP contribution < -0.4 is 15.8 Å². The summed E-state index contributed by atoms with van der Waals surface area (Å²) >= 11 is 0. The van der Waals surface area contributed by atoms with Gasteiger partial charge in [0.1, 0.15) is 23.0 Å². The summed E-state index contributed by atoms with van der Waals surface area (Å²) in [6.07, 6.45) is 1.80. The molecule has 0 bridgehead atoms. The molecule has 5 heteroatoms. The van der Waals surface area contributed by atoms with E-state index in [1.165, 1.54) is 0 Å². The second-order valence-electron chi connectivity index (χ2n) is 7.13. The molecule has 0 aliphatic heterocycles. The van der Waals surface area contributed by atoms with Gasteiger partial charge in [0, 0.05) is 28.5 Å². The number of aromatic nitrogens is 1. The Kier molecular flexibility index (Phi) is 5.09. The van der Waals surface area contributed by atoms with Gasteiger partial charge in [-0.1, -0.05) is 24.3 Å². The highest BCUT2D eigenvalue weighted by molar-refractivity contribution is 5.94. The number of benzene rings is 3. The zero-order valence-electron chi connectivity index (χ0n) is 16.8. The first-order valence-electron chi connectivity index (χ1n) is 10.1. The summed E-state index contributed by atoms with van der Waals surface area (Å²) < 4.78 is 11.6. The number of hydrogen-bond acceptors (Lipinski definition) is 5. The highest BCUT2D eigenvalue weighted by atomic mass is 16.5. The summed E-state index contributed by atoms with van der Waals surface area (Å²) in [5.74, 6) is 3.15. The zero-order chi connectivity index (χ0) is 21.0. The van der Waals surface area contributed by atoms with E-state index in [-0.39, 0.29) is 0 Å². The minimum absolute atomic E-state index is 0.384. The molecule has 0 aliphatic carbocycles. The van der Waals surface area contributed by atoms with E-state index in [0.717, 1.165) is 50.9 Å². The number of nitrogens with two attached hydrogens (primary N) is 1. The Bertz CT molecular complexity index is 1310. The van der Waals surface area contributed by atoms with E-state index < -0.39 is 0 Å². The van der Waals surface area contributed by atoms with E-state index in [1.807, 2.05) is 84.9 Å². The van der Waals surface area contributed by atoms with Crippen LogP contribution in [0.1, 0.15) is 5.76 Å². The van der Waals surface area contributed by atoms with Crippen molar-refractivity contribution < 1.29 is 9.15 Å². The predicted octanol–water partition coefficient (Wildman–Crippen LogP) is 6.49. The molecule has 3 aromatic carbocycles. The summed E-state index contributed by atoms with van der Waals surface area (Å²) in [5, 5.41) is 4.50. The van der Waals surface area contributed by atoms with Crippen LogP contribution in [0.2, 0.25) is 0 Å². The first-order chi connectivity index (χ1) is 15.3. The van der Waals surface area contributed by atoms with Crippen LogP contribution in [0.15, 0.2) is 102 Å². The lowest BCUT2D eigenvalue weighted by Crippen LogP contribution is -1.93. The summed E-state index contributed by atoms with van der Waals surface area (Å²) in [5.41, 5.74) is 9.46. The fraction of sp³-hybridized carbons (Fsp3) is 0.0385. The number of nitrogens with zero attached hydrogens (tertiary/aromatic N) is 1. The lowest BCUT2D eigenvalue weighted by atomic mass is 10.1. The molecule has 0 aliphatic rings. The second-order valence-corrected chi connectivity index (χ2v) is 7.13. The molecule has 5 aromatic rings. The Morgan fingerprint density at radius 2 is 1.65 bits per heavy atom. The minimum atomic E-state index is 0.384. The first kappa shape index (κ1) is 18.9. The van der Waals surface area contributed by atoms with Crippen molar-refractivity contribution in [3.05, 3.63) is 103 Å². The van der Waals surface area contributed by atoms with Crippen LogP contribution in [0.5, 0.6) is 11.5 Å². The summed E-state index contributed by atoms with van der Waals surface area (Å²) in [6.45, 7) is 0.384. The van der Waals surface area contributed by atoms with Crippen molar-refractivity contribution in [1.29, 1.82) is 0 Å². The van der Waals surface area contributed by atoms with Gasteiger partial charge in [-0.3, -0.25) is 4.98 Å². The molecular weight excluding hydrogens is 386 g/mol. The topological polar surface area (TPSA) is 73.3 Å². The highest BCUT2D eigenvalue weighted by Gasteiger charge is 2.08. The van der Waals surface area contributed by atoms with Gasteiger partial charge in [-0.2, -0.15) is 0 Å². The van der Waals surface area contributed by atoms with Gasteiger partial charge in [0.25, 0.3) is 0 Å². The third kappa shape index (κ3) is 4.13. The number of pyridine rings is 1. The monoisotopic (exact) mass is 407 g/mol. The molecule has 3 N–H and O–H groups in total. The maximum absolute atomic E-state index is 5.86. The van der Waals surface area contributed by atoms with Gasteiger partial charge < -0.3 is 20.2 Å². The van der Waals surface area contributed by atoms with Gasteiger partial charge in [-0.05, 0) is 66.7 Å². The average Bonchev–Trinajstić information content (AvgIpc) is 3.30. The molecular formula is C26H21N3O2. The molecule has 152 valence electrons. The van der Waals surface area contributed by atoms with E-state index >= 15 is 0 Å². The van der Waals surface area contributed by atoms with E-state index in [4.69, 9.17) is 14.9 Å². The standard InChI is InChI=1S/C26H21N3O2/c27-17-22-11-13-26(31-22)18-6-12-23-24(14-15-28-25(23)16-18)29-19-7-9-21(10-8-19)30-20-4-2-1-3-5-20/h1-16H,17,27H2,(H,28,29). The average molecular weight is 407 g/mol. The molecule has 0 fully saturated rings. The molecule has 0 unspecified atom stereocenters. The molecule has 5 nitrogen and oxygen atoms in total. The van der Waals surface area contributed by atoms with Crippen molar-refractivity contribution >= 4 is 22.3 Å². The maximum Gasteiger partial charge on any atom is 0.134 e. The van der Waals surface area contributed by atoms with Crippen molar-refractivity contribution in [2.75, 3.05) is 5.32 Å². The van der Waals surface area contributed by atoms with Crippen molar-refractivity contribution in [2.45, 2.75) is 6.54 Å². The molecule has 0 amide bonds. The van der Waals surface area contributed by atoms with Gasteiger partial charge in [0.2, 0.25) is 0 Å². The Hall–Kier alpha value is -4.09. The second kappa shape index (κ2) is 8.34.